The summed E-state index contributed by atoms with van der Waals surface area (Å²) < 4.78 is 18.9. The first kappa shape index (κ1) is 34.0. The van der Waals surface area contributed by atoms with E-state index in [2.05, 4.69) is 23.1 Å². The summed E-state index contributed by atoms with van der Waals surface area (Å²) in [5.74, 6) is 1.09. The van der Waals surface area contributed by atoms with Crippen molar-refractivity contribution in [2.45, 2.75) is 61.0 Å². The Bertz CT molecular complexity index is 1620. The molecular weight excluding hydrogens is 653 g/mol. The van der Waals surface area contributed by atoms with Crippen LogP contribution in [0.5, 0.6) is 5.75 Å². The van der Waals surface area contributed by atoms with Crippen LogP contribution in [0.2, 0.25) is 10.0 Å². The number of para-hydroxylation sites is 1. The maximum Gasteiger partial charge on any atom is 0.415 e. The number of likely N-dealkylation sites (N-methyl/N-ethyl adjacent to an activating group) is 2. The Balaban J connectivity index is 1.29. The van der Waals surface area contributed by atoms with Crippen LogP contribution in [-0.4, -0.2) is 71.2 Å². The van der Waals surface area contributed by atoms with E-state index in [1.807, 2.05) is 48.3 Å². The van der Waals surface area contributed by atoms with Gasteiger partial charge in [0.1, 0.15) is 5.75 Å². The van der Waals surface area contributed by atoms with Gasteiger partial charge in [-0.05, 0) is 86.1 Å². The number of likely N-dealkylation sites (tertiary alicyclic amines) is 1. The fourth-order valence-electron chi connectivity index (χ4n) is 7.82. The first-order valence-electron chi connectivity index (χ1n) is 16.5. The van der Waals surface area contributed by atoms with E-state index in [0.717, 1.165) is 57.2 Å². The van der Waals surface area contributed by atoms with Crippen LogP contribution >= 0.6 is 23.2 Å². The van der Waals surface area contributed by atoms with Crippen molar-refractivity contribution in [3.8, 4) is 5.75 Å². The van der Waals surface area contributed by atoms with Gasteiger partial charge in [-0.1, -0.05) is 84.6 Å². The van der Waals surface area contributed by atoms with Gasteiger partial charge >= 0.3 is 6.09 Å². The molecule has 2 aliphatic heterocycles. The lowest BCUT2D eigenvalue weighted by molar-refractivity contribution is -0.141. The van der Waals surface area contributed by atoms with Crippen LogP contribution in [0.4, 0.5) is 4.79 Å². The van der Waals surface area contributed by atoms with E-state index in [9.17, 15) is 13.8 Å². The first-order chi connectivity index (χ1) is 22.6. The molecule has 2 heterocycles. The Morgan fingerprint density at radius 3 is 2.34 bits per heavy atom. The quantitative estimate of drug-likeness (QED) is 0.231. The molecule has 3 aromatic rings. The number of nitrogens with zero attached hydrogens (tertiary/aromatic N) is 3. The van der Waals surface area contributed by atoms with Gasteiger partial charge < -0.3 is 19.4 Å². The topological polar surface area (TPSA) is 70.2 Å². The van der Waals surface area contributed by atoms with E-state index < -0.39 is 22.4 Å². The van der Waals surface area contributed by atoms with Crippen LogP contribution in [0.15, 0.2) is 72.8 Å². The van der Waals surface area contributed by atoms with Crippen molar-refractivity contribution in [1.29, 1.82) is 0 Å². The van der Waals surface area contributed by atoms with E-state index in [1.54, 1.807) is 30.1 Å². The van der Waals surface area contributed by atoms with Crippen molar-refractivity contribution >= 4 is 46.0 Å². The summed E-state index contributed by atoms with van der Waals surface area (Å²) in [6.07, 6.45) is 5.46. The fourth-order valence-corrected chi connectivity index (χ4v) is 10.0. The Morgan fingerprint density at radius 2 is 1.64 bits per heavy atom. The van der Waals surface area contributed by atoms with Crippen molar-refractivity contribution in [2.24, 2.45) is 5.92 Å². The number of halogens is 2. The first-order valence-corrected chi connectivity index (χ1v) is 18.6. The highest BCUT2D eigenvalue weighted by molar-refractivity contribution is 7.85. The summed E-state index contributed by atoms with van der Waals surface area (Å²) in [6.45, 7) is 2.46. The van der Waals surface area contributed by atoms with Gasteiger partial charge in [-0.15, -0.1) is 0 Å². The van der Waals surface area contributed by atoms with Crippen LogP contribution in [0.25, 0.3) is 0 Å². The summed E-state index contributed by atoms with van der Waals surface area (Å²) in [7, 11) is 2.63. The molecule has 0 bridgehead atoms. The lowest BCUT2D eigenvalue weighted by Gasteiger charge is -2.47. The highest BCUT2D eigenvalue weighted by Crippen LogP contribution is 2.47. The molecule has 250 valence electrons. The monoisotopic (exact) mass is 695 g/mol. The second-order valence-electron chi connectivity index (χ2n) is 13.3. The largest absolute Gasteiger partial charge is 0.415 e. The van der Waals surface area contributed by atoms with E-state index in [-0.39, 0.29) is 23.1 Å². The fraction of sp³-hybridized carbons (Fsp3) is 0.459. The second kappa shape index (κ2) is 14.3. The zero-order chi connectivity index (χ0) is 33.2. The molecule has 0 aromatic heterocycles. The number of amides is 2. The smallest absolute Gasteiger partial charge is 0.410 e. The van der Waals surface area contributed by atoms with Crippen molar-refractivity contribution in [1.82, 2.24) is 14.7 Å². The summed E-state index contributed by atoms with van der Waals surface area (Å²) in [4.78, 5) is 33.5. The van der Waals surface area contributed by atoms with Gasteiger partial charge in [0.15, 0.2) is 0 Å². The predicted molar refractivity (Wildman–Crippen MR) is 188 cm³/mol. The molecule has 10 heteroatoms. The maximum atomic E-state index is 14.2. The molecular formula is C37H43Cl2N3O4S. The molecule has 2 atom stereocenters. The Labute approximate surface area is 290 Å². The number of carbonyl (C=O) groups excluding carboxylic acids is 2. The van der Waals surface area contributed by atoms with Gasteiger partial charge in [0.25, 0.3) is 0 Å². The number of hydrogen-bond acceptors (Lipinski definition) is 5. The second-order valence-corrected chi connectivity index (χ2v) is 15.9. The SMILES string of the molecule is CN(CC(CCN1CCC2(CC1)c1ccccc1CS2=O)(c1ccc(Cl)c(Cl)c1)N(C)C(=O)C1CCCC1)C(=O)Oc1ccccc1. The highest BCUT2D eigenvalue weighted by atomic mass is 35.5. The summed E-state index contributed by atoms with van der Waals surface area (Å²) >= 11 is 13.0. The van der Waals surface area contributed by atoms with Gasteiger partial charge in [-0.25, -0.2) is 4.79 Å². The third-order valence-corrected chi connectivity index (χ3v) is 13.4. The van der Waals surface area contributed by atoms with E-state index >= 15 is 0 Å². The average molecular weight is 697 g/mol. The molecule has 7 nitrogen and oxygen atoms in total. The van der Waals surface area contributed by atoms with Crippen molar-refractivity contribution in [2.75, 3.05) is 40.3 Å². The molecule has 2 unspecified atom stereocenters. The minimum atomic E-state index is -0.945. The van der Waals surface area contributed by atoms with Crippen molar-refractivity contribution < 1.29 is 18.5 Å². The minimum Gasteiger partial charge on any atom is -0.410 e. The number of fused-ring (bicyclic) bond motifs is 2. The molecule has 0 N–H and O–H groups in total. The molecule has 1 aliphatic carbocycles. The minimum absolute atomic E-state index is 0.0593. The molecule has 3 aliphatic rings. The van der Waals surface area contributed by atoms with Crippen molar-refractivity contribution in [3.63, 3.8) is 0 Å². The van der Waals surface area contributed by atoms with Crippen LogP contribution in [0, 0.1) is 5.92 Å². The van der Waals surface area contributed by atoms with Gasteiger partial charge in [0.05, 0.1) is 26.9 Å². The standard InChI is InChI=1S/C37H43Cl2N3O4S/c1-40(35(44)46-30-13-4-3-5-14-30)26-36(29-16-17-32(38)33(39)24-29,41(2)34(43)27-10-6-7-11-27)18-21-42-22-19-37(20-23-42)31-15-9-8-12-28(31)25-47(37)45/h3-5,8-9,12-17,24,27H,6-7,10-11,18-23,25-26H2,1-2H3. The molecule has 47 heavy (non-hydrogen) atoms. The predicted octanol–water partition coefficient (Wildman–Crippen LogP) is 7.61. The Kier molecular flexibility index (Phi) is 10.3. The van der Waals surface area contributed by atoms with Gasteiger partial charge in [-0.3, -0.25) is 9.00 Å². The lowest BCUT2D eigenvalue weighted by atomic mass is 9.82. The molecule has 1 saturated carbocycles. The lowest BCUT2D eigenvalue weighted by Crippen LogP contribution is -2.57. The van der Waals surface area contributed by atoms with E-state index in [1.165, 1.54) is 11.1 Å². The molecule has 2 amide bonds. The zero-order valence-electron chi connectivity index (χ0n) is 27.1. The Morgan fingerprint density at radius 1 is 0.957 bits per heavy atom. The van der Waals surface area contributed by atoms with E-state index in [4.69, 9.17) is 27.9 Å². The van der Waals surface area contributed by atoms with Gasteiger partial charge in [0.2, 0.25) is 5.91 Å². The number of rotatable bonds is 9. The molecule has 6 rings (SSSR count). The number of piperidine rings is 1. The normalized spacial score (nSPS) is 20.5. The van der Waals surface area contributed by atoms with Crippen LogP contribution in [-0.2, 0) is 31.6 Å². The Hall–Kier alpha value is -2.91. The molecule has 2 fully saturated rings. The number of carbonyl (C=O) groups is 2. The average Bonchev–Trinajstić information content (AvgIpc) is 3.72. The summed E-state index contributed by atoms with van der Waals surface area (Å²) in [5.41, 5.74) is 2.34. The third kappa shape index (κ3) is 6.85. The molecule has 0 radical (unpaired) electrons. The zero-order valence-corrected chi connectivity index (χ0v) is 29.5. The van der Waals surface area contributed by atoms with Crippen LogP contribution < -0.4 is 4.74 Å². The number of ether oxygens (including phenoxy) is 1. The van der Waals surface area contributed by atoms with E-state index in [0.29, 0.717) is 34.5 Å². The number of benzene rings is 3. The maximum absolute atomic E-state index is 14.2. The van der Waals surface area contributed by atoms with Crippen molar-refractivity contribution in [3.05, 3.63) is 99.5 Å². The molecule has 3 aromatic carbocycles. The molecule has 1 saturated heterocycles. The highest BCUT2D eigenvalue weighted by Gasteiger charge is 2.48. The van der Waals surface area contributed by atoms with Gasteiger partial charge in [0, 0.05) is 43.1 Å². The summed E-state index contributed by atoms with van der Waals surface area (Å²) in [5, 5.41) is 0.823. The van der Waals surface area contributed by atoms with Gasteiger partial charge in [-0.2, -0.15) is 0 Å². The van der Waals surface area contributed by atoms with Crippen LogP contribution in [0.1, 0.15) is 61.6 Å². The number of hydrogen-bond donors (Lipinski definition) is 0. The summed E-state index contributed by atoms with van der Waals surface area (Å²) in [6, 6.07) is 22.9. The van der Waals surface area contributed by atoms with Crippen LogP contribution in [0.3, 0.4) is 0 Å². The third-order valence-electron chi connectivity index (χ3n) is 10.6. The molecule has 1 spiro atoms.